The number of unbranched alkanes of at least 4 members (excludes halogenated alkanes) is 8. The molecule has 0 heterocycles. The van der Waals surface area contributed by atoms with Crippen LogP contribution < -0.4 is 10.6 Å². The van der Waals surface area contributed by atoms with Crippen LogP contribution in [0.3, 0.4) is 0 Å². The van der Waals surface area contributed by atoms with Crippen molar-refractivity contribution in [1.82, 2.24) is 10.6 Å². The van der Waals surface area contributed by atoms with E-state index in [0.717, 1.165) is 51.5 Å². The summed E-state index contributed by atoms with van der Waals surface area (Å²) < 4.78 is 0. The summed E-state index contributed by atoms with van der Waals surface area (Å²) in [7, 11) is 1.69. The zero-order valence-corrected chi connectivity index (χ0v) is 16.3. The van der Waals surface area contributed by atoms with E-state index in [4.69, 9.17) is 0 Å². The van der Waals surface area contributed by atoms with Crippen LogP contribution >= 0.6 is 0 Å². The van der Waals surface area contributed by atoms with Crippen LogP contribution in [0.5, 0.6) is 0 Å². The van der Waals surface area contributed by atoms with Crippen molar-refractivity contribution in [2.45, 2.75) is 97.3 Å². The Morgan fingerprint density at radius 2 is 1.42 bits per heavy atom. The molecule has 24 heavy (non-hydrogen) atoms. The predicted octanol–water partition coefficient (Wildman–Crippen LogP) is 4.58. The summed E-state index contributed by atoms with van der Waals surface area (Å²) in [6, 6.07) is 0. The molecule has 0 aromatic rings. The van der Waals surface area contributed by atoms with Crippen molar-refractivity contribution in [1.29, 1.82) is 0 Å². The maximum absolute atomic E-state index is 12.0. The maximum atomic E-state index is 12.0. The predicted molar refractivity (Wildman–Crippen MR) is 102 cm³/mol. The van der Waals surface area contributed by atoms with Crippen molar-refractivity contribution < 1.29 is 9.59 Å². The normalized spacial score (nSPS) is 12.0. The van der Waals surface area contributed by atoms with Gasteiger partial charge < -0.3 is 10.6 Å². The molecular weight excluding hydrogens is 300 g/mol. The first-order valence-corrected chi connectivity index (χ1v) is 10.1. The third-order valence-electron chi connectivity index (χ3n) is 4.68. The van der Waals surface area contributed by atoms with Crippen LogP contribution in [0, 0.1) is 5.92 Å². The minimum atomic E-state index is 0.150. The average molecular weight is 341 g/mol. The molecule has 0 aliphatic heterocycles. The molecule has 0 saturated carbocycles. The van der Waals surface area contributed by atoms with Gasteiger partial charge >= 0.3 is 0 Å². The molecular formula is C20H40N2O2. The highest BCUT2D eigenvalue weighted by atomic mass is 16.2. The van der Waals surface area contributed by atoms with E-state index in [1.807, 2.05) is 0 Å². The Morgan fingerprint density at radius 1 is 0.833 bits per heavy atom. The second-order valence-electron chi connectivity index (χ2n) is 6.79. The molecule has 4 heteroatoms. The summed E-state index contributed by atoms with van der Waals surface area (Å²) >= 11 is 0. The minimum Gasteiger partial charge on any atom is -0.359 e. The van der Waals surface area contributed by atoms with Crippen molar-refractivity contribution in [2.75, 3.05) is 13.6 Å². The lowest BCUT2D eigenvalue weighted by Gasteiger charge is -2.14. The Morgan fingerprint density at radius 3 is 1.96 bits per heavy atom. The van der Waals surface area contributed by atoms with Crippen molar-refractivity contribution in [3.8, 4) is 0 Å². The Balaban J connectivity index is 3.38. The maximum Gasteiger partial charge on any atom is 0.223 e. The van der Waals surface area contributed by atoms with Crippen LogP contribution in [0.1, 0.15) is 97.3 Å². The standard InChI is InChI=1S/C20H40N2O2/c1-4-6-15-18(5-2)20(24)22-17-14-12-10-8-7-9-11-13-16-19(23)21-3/h18H,4-17H2,1-3H3,(H,21,23)(H,22,24). The topological polar surface area (TPSA) is 58.2 Å². The fraction of sp³-hybridized carbons (Fsp3) is 0.900. The third-order valence-corrected chi connectivity index (χ3v) is 4.68. The number of rotatable bonds is 16. The van der Waals surface area contributed by atoms with Crippen LogP contribution in [0.2, 0.25) is 0 Å². The molecule has 0 rings (SSSR count). The van der Waals surface area contributed by atoms with Crippen LogP contribution in [-0.4, -0.2) is 25.4 Å². The molecule has 0 aliphatic carbocycles. The Labute approximate surface area is 149 Å². The lowest BCUT2D eigenvalue weighted by molar-refractivity contribution is -0.125. The summed E-state index contributed by atoms with van der Waals surface area (Å²) in [5.41, 5.74) is 0. The summed E-state index contributed by atoms with van der Waals surface area (Å²) in [5.74, 6) is 0.610. The molecule has 0 spiro atoms. The van der Waals surface area contributed by atoms with E-state index < -0.39 is 0 Å². The smallest absolute Gasteiger partial charge is 0.223 e. The summed E-state index contributed by atoms with van der Waals surface area (Å²) in [5, 5.41) is 5.76. The van der Waals surface area contributed by atoms with E-state index in [9.17, 15) is 9.59 Å². The van der Waals surface area contributed by atoms with Crippen LogP contribution in [0.15, 0.2) is 0 Å². The van der Waals surface area contributed by atoms with E-state index >= 15 is 0 Å². The van der Waals surface area contributed by atoms with Gasteiger partial charge in [-0.25, -0.2) is 0 Å². The van der Waals surface area contributed by atoms with E-state index in [1.54, 1.807) is 7.05 Å². The molecule has 0 aromatic heterocycles. The first kappa shape index (κ1) is 22.9. The van der Waals surface area contributed by atoms with Crippen molar-refractivity contribution in [2.24, 2.45) is 5.92 Å². The van der Waals surface area contributed by atoms with Gasteiger partial charge in [0, 0.05) is 25.9 Å². The van der Waals surface area contributed by atoms with Crippen molar-refractivity contribution >= 4 is 11.8 Å². The largest absolute Gasteiger partial charge is 0.359 e. The van der Waals surface area contributed by atoms with Gasteiger partial charge in [0.05, 0.1) is 0 Å². The molecule has 0 radical (unpaired) electrons. The van der Waals surface area contributed by atoms with Crippen molar-refractivity contribution in [3.05, 3.63) is 0 Å². The van der Waals surface area contributed by atoms with Crippen molar-refractivity contribution in [3.63, 3.8) is 0 Å². The summed E-state index contributed by atoms with van der Waals surface area (Å²) in [6.07, 6.45) is 14.4. The number of nitrogens with one attached hydrogen (secondary N) is 2. The summed E-state index contributed by atoms with van der Waals surface area (Å²) in [4.78, 5) is 23.1. The molecule has 0 aliphatic rings. The highest BCUT2D eigenvalue weighted by Crippen LogP contribution is 2.13. The Kier molecular flexibility index (Phi) is 16.0. The number of carbonyl (C=O) groups is 2. The van der Waals surface area contributed by atoms with Gasteiger partial charge in [0.1, 0.15) is 0 Å². The first-order chi connectivity index (χ1) is 11.7. The number of hydrogen-bond acceptors (Lipinski definition) is 2. The Hall–Kier alpha value is -1.06. The zero-order valence-electron chi connectivity index (χ0n) is 16.3. The average Bonchev–Trinajstić information content (AvgIpc) is 2.59. The van der Waals surface area contributed by atoms with Gasteiger partial charge in [-0.15, -0.1) is 0 Å². The van der Waals surface area contributed by atoms with Crippen LogP contribution in [-0.2, 0) is 9.59 Å². The second kappa shape index (κ2) is 16.8. The Bertz CT molecular complexity index is 319. The minimum absolute atomic E-state index is 0.150. The highest BCUT2D eigenvalue weighted by Gasteiger charge is 2.14. The number of amides is 2. The van der Waals surface area contributed by atoms with Gasteiger partial charge in [-0.2, -0.15) is 0 Å². The third kappa shape index (κ3) is 13.4. The van der Waals surface area contributed by atoms with E-state index in [-0.39, 0.29) is 17.7 Å². The summed E-state index contributed by atoms with van der Waals surface area (Å²) in [6.45, 7) is 5.11. The monoisotopic (exact) mass is 340 g/mol. The first-order valence-electron chi connectivity index (χ1n) is 10.1. The molecule has 1 atom stereocenters. The van der Waals surface area contributed by atoms with Gasteiger partial charge in [0.15, 0.2) is 0 Å². The lowest BCUT2D eigenvalue weighted by atomic mass is 9.98. The fourth-order valence-electron chi connectivity index (χ4n) is 2.92. The SMILES string of the molecule is CCCCC(CC)C(=O)NCCCCCCCCCCC(=O)NC. The molecule has 0 saturated heterocycles. The van der Waals surface area contributed by atoms with Crippen LogP contribution in [0.25, 0.3) is 0 Å². The molecule has 0 bridgehead atoms. The van der Waals surface area contributed by atoms with Gasteiger partial charge in [0.2, 0.25) is 11.8 Å². The lowest BCUT2D eigenvalue weighted by Crippen LogP contribution is -2.31. The quantitative estimate of drug-likeness (QED) is 0.404. The highest BCUT2D eigenvalue weighted by molar-refractivity contribution is 5.78. The van der Waals surface area contributed by atoms with E-state index in [0.29, 0.717) is 6.42 Å². The number of hydrogen-bond donors (Lipinski definition) is 2. The molecule has 0 aromatic carbocycles. The molecule has 1 unspecified atom stereocenters. The van der Waals surface area contributed by atoms with E-state index in [1.165, 1.54) is 32.1 Å². The molecule has 2 amide bonds. The van der Waals surface area contributed by atoms with Gasteiger partial charge in [-0.3, -0.25) is 9.59 Å². The number of carbonyl (C=O) groups excluding carboxylic acids is 2. The second-order valence-corrected chi connectivity index (χ2v) is 6.79. The zero-order chi connectivity index (χ0) is 18.0. The van der Waals surface area contributed by atoms with Gasteiger partial charge in [0.25, 0.3) is 0 Å². The molecule has 4 nitrogen and oxygen atoms in total. The molecule has 142 valence electrons. The van der Waals surface area contributed by atoms with Gasteiger partial charge in [-0.05, 0) is 25.7 Å². The van der Waals surface area contributed by atoms with Gasteiger partial charge in [-0.1, -0.05) is 65.2 Å². The molecule has 0 fully saturated rings. The van der Waals surface area contributed by atoms with Crippen LogP contribution in [0.4, 0.5) is 0 Å². The van der Waals surface area contributed by atoms with E-state index in [2.05, 4.69) is 24.5 Å². The molecule has 2 N–H and O–H groups in total. The fourth-order valence-corrected chi connectivity index (χ4v) is 2.92.